The van der Waals surface area contributed by atoms with Crippen LogP contribution in [0.25, 0.3) is 0 Å². The van der Waals surface area contributed by atoms with Gasteiger partial charge in [-0.15, -0.1) is 0 Å². The summed E-state index contributed by atoms with van der Waals surface area (Å²) < 4.78 is 1.99. The average molecular weight is 238 g/mol. The van der Waals surface area contributed by atoms with Crippen molar-refractivity contribution in [3.8, 4) is 0 Å². The van der Waals surface area contributed by atoms with Crippen LogP contribution in [0.5, 0.6) is 0 Å². The molecule has 0 aliphatic carbocycles. The largest absolute Gasteiger partial charge is 0.355 e. The first-order valence-electron chi connectivity index (χ1n) is 6.14. The van der Waals surface area contributed by atoms with E-state index in [4.69, 9.17) is 5.73 Å². The SMILES string of the molecule is CC[C@H](C)[C@H](N)C(=O)NCCCn1ccnc1. The number of hydrogen-bond acceptors (Lipinski definition) is 3. The quantitative estimate of drug-likeness (QED) is 0.689. The molecule has 0 aliphatic heterocycles. The van der Waals surface area contributed by atoms with Crippen molar-refractivity contribution in [1.29, 1.82) is 0 Å². The number of nitrogens with two attached hydrogens (primary N) is 1. The van der Waals surface area contributed by atoms with Gasteiger partial charge in [-0.3, -0.25) is 4.79 Å². The van der Waals surface area contributed by atoms with Gasteiger partial charge in [-0.1, -0.05) is 20.3 Å². The van der Waals surface area contributed by atoms with E-state index in [1.165, 1.54) is 0 Å². The van der Waals surface area contributed by atoms with Gasteiger partial charge in [0.25, 0.3) is 0 Å². The van der Waals surface area contributed by atoms with Crippen LogP contribution < -0.4 is 11.1 Å². The number of nitrogens with zero attached hydrogens (tertiary/aromatic N) is 2. The summed E-state index contributed by atoms with van der Waals surface area (Å²) in [6, 6.07) is -0.395. The summed E-state index contributed by atoms with van der Waals surface area (Å²) in [5.74, 6) is 0.175. The standard InChI is InChI=1S/C12H22N4O/c1-3-10(2)11(13)12(17)15-5-4-7-16-8-6-14-9-16/h6,8-11H,3-5,7,13H2,1-2H3,(H,15,17)/t10-,11-/m0/s1. The van der Waals surface area contributed by atoms with Gasteiger partial charge >= 0.3 is 0 Å². The van der Waals surface area contributed by atoms with Crippen LogP contribution >= 0.6 is 0 Å². The Hall–Kier alpha value is -1.36. The lowest BCUT2D eigenvalue weighted by molar-refractivity contribution is -0.123. The van der Waals surface area contributed by atoms with Gasteiger partial charge in [-0.2, -0.15) is 0 Å². The highest BCUT2D eigenvalue weighted by Gasteiger charge is 2.18. The maximum atomic E-state index is 11.6. The van der Waals surface area contributed by atoms with E-state index in [-0.39, 0.29) is 11.8 Å². The normalized spacial score (nSPS) is 14.3. The van der Waals surface area contributed by atoms with Crippen molar-refractivity contribution in [2.75, 3.05) is 6.54 Å². The lowest BCUT2D eigenvalue weighted by atomic mass is 9.99. The molecule has 0 fully saturated rings. The Morgan fingerprint density at radius 1 is 1.59 bits per heavy atom. The molecule has 2 atom stereocenters. The molecule has 5 nitrogen and oxygen atoms in total. The number of aromatic nitrogens is 2. The second-order valence-corrected chi connectivity index (χ2v) is 4.36. The first-order chi connectivity index (χ1) is 8.15. The van der Waals surface area contributed by atoms with Gasteiger partial charge in [-0.25, -0.2) is 4.98 Å². The molecule has 0 saturated carbocycles. The van der Waals surface area contributed by atoms with Crippen molar-refractivity contribution >= 4 is 5.91 Å². The van der Waals surface area contributed by atoms with E-state index in [1.54, 1.807) is 12.5 Å². The van der Waals surface area contributed by atoms with Gasteiger partial charge in [0.2, 0.25) is 5.91 Å². The summed E-state index contributed by atoms with van der Waals surface area (Å²) in [7, 11) is 0. The Balaban J connectivity index is 2.16. The number of aryl methyl sites for hydroxylation is 1. The Morgan fingerprint density at radius 3 is 2.94 bits per heavy atom. The van der Waals surface area contributed by atoms with Crippen LogP contribution in [0.4, 0.5) is 0 Å². The number of carbonyl (C=O) groups excluding carboxylic acids is 1. The summed E-state index contributed by atoms with van der Waals surface area (Å²) in [5, 5.41) is 2.86. The molecule has 0 unspecified atom stereocenters. The summed E-state index contributed by atoms with van der Waals surface area (Å²) >= 11 is 0. The fraction of sp³-hybridized carbons (Fsp3) is 0.667. The predicted molar refractivity (Wildman–Crippen MR) is 67.3 cm³/mol. The molecule has 1 heterocycles. The minimum absolute atomic E-state index is 0.0509. The Morgan fingerprint density at radius 2 is 2.35 bits per heavy atom. The summed E-state index contributed by atoms with van der Waals surface area (Å²) in [5.41, 5.74) is 5.82. The minimum Gasteiger partial charge on any atom is -0.355 e. The van der Waals surface area contributed by atoms with Gasteiger partial charge < -0.3 is 15.6 Å². The van der Waals surface area contributed by atoms with Crippen molar-refractivity contribution < 1.29 is 4.79 Å². The number of hydrogen-bond donors (Lipinski definition) is 2. The Bertz CT molecular complexity index is 323. The molecule has 0 aromatic carbocycles. The zero-order valence-corrected chi connectivity index (χ0v) is 10.6. The molecule has 1 aromatic rings. The molecule has 0 radical (unpaired) electrons. The van der Waals surface area contributed by atoms with Gasteiger partial charge in [0.1, 0.15) is 0 Å². The van der Waals surface area contributed by atoms with E-state index in [1.807, 2.05) is 24.6 Å². The molecule has 0 bridgehead atoms. The third-order valence-corrected chi connectivity index (χ3v) is 3.01. The zero-order valence-electron chi connectivity index (χ0n) is 10.6. The molecule has 0 aliphatic rings. The van der Waals surface area contributed by atoms with Crippen LogP contribution in [0.3, 0.4) is 0 Å². The molecule has 3 N–H and O–H groups in total. The highest BCUT2D eigenvalue weighted by Crippen LogP contribution is 2.04. The first-order valence-corrected chi connectivity index (χ1v) is 6.14. The van der Waals surface area contributed by atoms with Crippen LogP contribution in [0, 0.1) is 5.92 Å². The number of carbonyl (C=O) groups is 1. The number of nitrogens with one attached hydrogen (secondary N) is 1. The molecule has 1 amide bonds. The average Bonchev–Trinajstić information content (AvgIpc) is 2.85. The van der Waals surface area contributed by atoms with Crippen LogP contribution in [0.1, 0.15) is 26.7 Å². The molecule has 1 rings (SSSR count). The van der Waals surface area contributed by atoms with E-state index in [9.17, 15) is 4.79 Å². The predicted octanol–water partition coefficient (Wildman–Crippen LogP) is 0.763. The van der Waals surface area contributed by atoms with Gasteiger partial charge in [0.05, 0.1) is 12.4 Å². The molecule has 96 valence electrons. The Labute approximate surface area is 102 Å². The van der Waals surface area contributed by atoms with E-state index in [0.717, 1.165) is 19.4 Å². The molecule has 5 heteroatoms. The first kappa shape index (κ1) is 13.7. The van der Waals surface area contributed by atoms with Crippen LogP contribution in [-0.4, -0.2) is 28.0 Å². The van der Waals surface area contributed by atoms with Crippen molar-refractivity contribution in [1.82, 2.24) is 14.9 Å². The van der Waals surface area contributed by atoms with E-state index < -0.39 is 6.04 Å². The van der Waals surface area contributed by atoms with Crippen LogP contribution in [0.2, 0.25) is 0 Å². The topological polar surface area (TPSA) is 72.9 Å². The lowest BCUT2D eigenvalue weighted by Gasteiger charge is -2.17. The second-order valence-electron chi connectivity index (χ2n) is 4.36. The fourth-order valence-corrected chi connectivity index (χ4v) is 1.52. The molecule has 0 saturated heterocycles. The van der Waals surface area contributed by atoms with Gasteiger partial charge in [0, 0.05) is 25.5 Å². The number of imidazole rings is 1. The highest BCUT2D eigenvalue weighted by molar-refractivity contribution is 5.81. The third kappa shape index (κ3) is 4.56. The van der Waals surface area contributed by atoms with Gasteiger partial charge in [-0.05, 0) is 12.3 Å². The molecule has 0 spiro atoms. The fourth-order valence-electron chi connectivity index (χ4n) is 1.52. The number of rotatable bonds is 7. The Kier molecular flexibility index (Phi) is 5.69. The van der Waals surface area contributed by atoms with Crippen LogP contribution in [-0.2, 0) is 11.3 Å². The molecular weight excluding hydrogens is 216 g/mol. The summed E-state index contributed by atoms with van der Waals surface area (Å²) in [6.07, 6.45) is 7.23. The van der Waals surface area contributed by atoms with Crippen molar-refractivity contribution in [2.24, 2.45) is 11.7 Å². The summed E-state index contributed by atoms with van der Waals surface area (Å²) in [6.45, 7) is 5.55. The van der Waals surface area contributed by atoms with E-state index >= 15 is 0 Å². The third-order valence-electron chi connectivity index (χ3n) is 3.01. The smallest absolute Gasteiger partial charge is 0.237 e. The maximum absolute atomic E-state index is 11.6. The van der Waals surface area contributed by atoms with E-state index in [0.29, 0.717) is 6.54 Å². The maximum Gasteiger partial charge on any atom is 0.237 e. The van der Waals surface area contributed by atoms with Gasteiger partial charge in [0.15, 0.2) is 0 Å². The van der Waals surface area contributed by atoms with E-state index in [2.05, 4.69) is 10.3 Å². The summed E-state index contributed by atoms with van der Waals surface area (Å²) in [4.78, 5) is 15.6. The molecule has 17 heavy (non-hydrogen) atoms. The van der Waals surface area contributed by atoms with Crippen molar-refractivity contribution in [3.05, 3.63) is 18.7 Å². The second kappa shape index (κ2) is 7.06. The zero-order chi connectivity index (χ0) is 12.7. The number of amides is 1. The van der Waals surface area contributed by atoms with Crippen molar-refractivity contribution in [2.45, 2.75) is 39.3 Å². The molecular formula is C12H22N4O. The van der Waals surface area contributed by atoms with Crippen molar-refractivity contribution in [3.63, 3.8) is 0 Å². The monoisotopic (exact) mass is 238 g/mol. The molecule has 1 aromatic heterocycles. The van der Waals surface area contributed by atoms with Crippen LogP contribution in [0.15, 0.2) is 18.7 Å². The lowest BCUT2D eigenvalue weighted by Crippen LogP contribution is -2.44. The highest BCUT2D eigenvalue weighted by atomic mass is 16.2. The minimum atomic E-state index is -0.395.